The highest BCUT2D eigenvalue weighted by atomic mass is 32.2. The first kappa shape index (κ1) is 13.1. The Balaban J connectivity index is 2.49. The number of hydrogen-bond acceptors (Lipinski definition) is 2. The molecule has 0 aliphatic carbocycles. The summed E-state index contributed by atoms with van der Waals surface area (Å²) in [6, 6.07) is 2.38. The monoisotopic (exact) mass is 242 g/mol. The second kappa shape index (κ2) is 5.95. The maximum atomic E-state index is 2.38. The second-order valence-electron chi connectivity index (χ2n) is 4.71. The van der Waals surface area contributed by atoms with Gasteiger partial charge in [0.05, 0.1) is 0 Å². The van der Waals surface area contributed by atoms with Gasteiger partial charge in [0, 0.05) is 10.1 Å². The first-order valence-electron chi connectivity index (χ1n) is 5.71. The van der Waals surface area contributed by atoms with Gasteiger partial charge in [0.1, 0.15) is 0 Å². The van der Waals surface area contributed by atoms with Gasteiger partial charge in [-0.3, -0.25) is 0 Å². The molecule has 0 nitrogen and oxygen atoms in total. The van der Waals surface area contributed by atoms with Crippen molar-refractivity contribution in [2.24, 2.45) is 0 Å². The molecule has 0 N–H and O–H groups in total. The quantitative estimate of drug-likeness (QED) is 0.704. The Morgan fingerprint density at radius 2 is 1.87 bits per heavy atom. The summed E-state index contributed by atoms with van der Waals surface area (Å²) in [5.74, 6) is 0.678. The van der Waals surface area contributed by atoms with Crippen LogP contribution in [0.5, 0.6) is 0 Å². The Kier molecular flexibility index (Phi) is 5.20. The number of rotatable bonds is 5. The van der Waals surface area contributed by atoms with E-state index in [0.717, 1.165) is 10.5 Å². The third kappa shape index (κ3) is 4.60. The molecule has 1 aromatic heterocycles. The van der Waals surface area contributed by atoms with Gasteiger partial charge in [-0.05, 0) is 34.6 Å². The van der Waals surface area contributed by atoms with Crippen LogP contribution in [0.4, 0.5) is 0 Å². The summed E-state index contributed by atoms with van der Waals surface area (Å²) in [6.45, 7) is 11.4. The van der Waals surface area contributed by atoms with Gasteiger partial charge in [-0.2, -0.15) is 11.8 Å². The Bertz CT molecular complexity index is 286. The topological polar surface area (TPSA) is 0 Å². The Morgan fingerprint density at radius 3 is 2.33 bits per heavy atom. The molecular formula is C13H22S2. The normalized spacial score (nSPS) is 13.8. The fraction of sp³-hybridized carbons (Fsp3) is 0.692. The molecule has 0 amide bonds. The molecule has 15 heavy (non-hydrogen) atoms. The van der Waals surface area contributed by atoms with Gasteiger partial charge < -0.3 is 0 Å². The fourth-order valence-electron chi connectivity index (χ4n) is 1.65. The van der Waals surface area contributed by atoms with Crippen molar-refractivity contribution < 1.29 is 0 Å². The summed E-state index contributed by atoms with van der Waals surface area (Å²) >= 11 is 3.98. The molecule has 0 fully saturated rings. The van der Waals surface area contributed by atoms with Gasteiger partial charge in [-0.25, -0.2) is 0 Å². The molecular weight excluding hydrogens is 220 g/mol. The molecule has 0 bridgehead atoms. The minimum absolute atomic E-state index is 0.678. The van der Waals surface area contributed by atoms with E-state index in [0.29, 0.717) is 5.92 Å². The van der Waals surface area contributed by atoms with Gasteiger partial charge in [-0.1, -0.05) is 34.6 Å². The van der Waals surface area contributed by atoms with Gasteiger partial charge in [0.15, 0.2) is 0 Å². The molecule has 0 radical (unpaired) electrons. The van der Waals surface area contributed by atoms with E-state index in [9.17, 15) is 0 Å². The Labute approximate surface area is 102 Å². The molecule has 0 spiro atoms. The van der Waals surface area contributed by atoms with E-state index in [-0.39, 0.29) is 0 Å². The second-order valence-corrected chi connectivity index (χ2v) is 7.67. The summed E-state index contributed by atoms with van der Waals surface area (Å²) in [7, 11) is 0. The van der Waals surface area contributed by atoms with Gasteiger partial charge >= 0.3 is 0 Å². The fourth-order valence-corrected chi connectivity index (χ4v) is 3.81. The largest absolute Gasteiger partial charge is 0.156 e. The van der Waals surface area contributed by atoms with E-state index >= 15 is 0 Å². The van der Waals surface area contributed by atoms with Gasteiger partial charge in [0.25, 0.3) is 0 Å². The predicted molar refractivity (Wildman–Crippen MR) is 74.3 cm³/mol. The molecule has 1 unspecified atom stereocenters. The summed E-state index contributed by atoms with van der Waals surface area (Å²) in [5.41, 5.74) is 1.52. The van der Waals surface area contributed by atoms with E-state index < -0.39 is 0 Å². The van der Waals surface area contributed by atoms with Crippen molar-refractivity contribution in [1.29, 1.82) is 0 Å². The summed E-state index contributed by atoms with van der Waals surface area (Å²) in [6.07, 6.45) is 1.21. The first-order valence-corrected chi connectivity index (χ1v) is 7.54. The van der Waals surface area contributed by atoms with Crippen molar-refractivity contribution in [3.8, 4) is 0 Å². The molecule has 1 atom stereocenters. The standard InChI is InChI=1S/C13H22S2/c1-9(2)13-7-12(8-14-13)6-11(5)15-10(3)4/h7-11H,6H2,1-5H3. The maximum Gasteiger partial charge on any atom is 0.00735 e. The van der Waals surface area contributed by atoms with Crippen molar-refractivity contribution in [3.05, 3.63) is 21.9 Å². The zero-order chi connectivity index (χ0) is 11.4. The molecule has 0 aromatic carbocycles. The lowest BCUT2D eigenvalue weighted by molar-refractivity contribution is 0.882. The van der Waals surface area contributed by atoms with Crippen LogP contribution in [0.25, 0.3) is 0 Å². The van der Waals surface area contributed by atoms with Crippen molar-refractivity contribution >= 4 is 23.1 Å². The van der Waals surface area contributed by atoms with Crippen LogP contribution in [-0.4, -0.2) is 10.5 Å². The average molecular weight is 242 g/mol. The van der Waals surface area contributed by atoms with E-state index in [2.05, 4.69) is 57.8 Å². The molecule has 0 saturated heterocycles. The van der Waals surface area contributed by atoms with Crippen LogP contribution in [0.3, 0.4) is 0 Å². The van der Waals surface area contributed by atoms with Gasteiger partial charge in [0.2, 0.25) is 0 Å². The highest BCUT2D eigenvalue weighted by Gasteiger charge is 2.09. The zero-order valence-corrected chi connectivity index (χ0v) is 12.0. The molecule has 1 aromatic rings. The van der Waals surface area contributed by atoms with Crippen molar-refractivity contribution in [2.75, 3.05) is 0 Å². The molecule has 2 heteroatoms. The van der Waals surface area contributed by atoms with Crippen LogP contribution in [0, 0.1) is 0 Å². The van der Waals surface area contributed by atoms with Crippen LogP contribution < -0.4 is 0 Å². The lowest BCUT2D eigenvalue weighted by atomic mass is 10.1. The zero-order valence-electron chi connectivity index (χ0n) is 10.4. The summed E-state index contributed by atoms with van der Waals surface area (Å²) < 4.78 is 0. The Morgan fingerprint density at radius 1 is 1.20 bits per heavy atom. The average Bonchev–Trinajstić information content (AvgIpc) is 2.50. The lowest BCUT2D eigenvalue weighted by Gasteiger charge is -2.12. The first-order chi connectivity index (χ1) is 6.99. The SMILES string of the molecule is CC(C)SC(C)Cc1csc(C(C)C)c1. The van der Waals surface area contributed by atoms with Crippen molar-refractivity contribution in [1.82, 2.24) is 0 Å². The molecule has 0 aliphatic rings. The molecule has 1 heterocycles. The Hall–Kier alpha value is 0.0500. The van der Waals surface area contributed by atoms with Crippen molar-refractivity contribution in [2.45, 2.75) is 57.5 Å². The number of hydrogen-bond donors (Lipinski definition) is 0. The van der Waals surface area contributed by atoms with Crippen LogP contribution >= 0.6 is 23.1 Å². The number of thioether (sulfide) groups is 1. The minimum Gasteiger partial charge on any atom is -0.156 e. The van der Waals surface area contributed by atoms with E-state index in [1.54, 1.807) is 0 Å². The summed E-state index contributed by atoms with van der Waals surface area (Å²) in [4.78, 5) is 1.52. The molecule has 0 aliphatic heterocycles. The highest BCUT2D eigenvalue weighted by molar-refractivity contribution is 8.00. The maximum absolute atomic E-state index is 2.38. The third-order valence-electron chi connectivity index (χ3n) is 2.27. The van der Waals surface area contributed by atoms with Crippen molar-refractivity contribution in [3.63, 3.8) is 0 Å². The van der Waals surface area contributed by atoms with E-state index in [1.807, 2.05) is 11.3 Å². The van der Waals surface area contributed by atoms with Crippen LogP contribution in [0.1, 0.15) is 51.0 Å². The van der Waals surface area contributed by atoms with Gasteiger partial charge in [-0.15, -0.1) is 11.3 Å². The summed E-state index contributed by atoms with van der Waals surface area (Å²) in [5, 5.41) is 3.80. The van der Waals surface area contributed by atoms with Crippen LogP contribution in [-0.2, 0) is 6.42 Å². The molecule has 86 valence electrons. The van der Waals surface area contributed by atoms with Crippen LogP contribution in [0.2, 0.25) is 0 Å². The van der Waals surface area contributed by atoms with Crippen LogP contribution in [0.15, 0.2) is 11.4 Å². The highest BCUT2D eigenvalue weighted by Crippen LogP contribution is 2.26. The molecule has 0 saturated carbocycles. The number of thiophene rings is 1. The van der Waals surface area contributed by atoms with E-state index in [4.69, 9.17) is 0 Å². The van der Waals surface area contributed by atoms with E-state index in [1.165, 1.54) is 16.9 Å². The molecule has 1 rings (SSSR count). The lowest BCUT2D eigenvalue weighted by Crippen LogP contribution is -2.04. The smallest absolute Gasteiger partial charge is 0.00735 e. The third-order valence-corrected chi connectivity index (χ3v) is 4.73. The predicted octanol–water partition coefficient (Wildman–Crippen LogP) is 4.94. The minimum atomic E-state index is 0.678.